The van der Waals surface area contributed by atoms with Crippen LogP contribution in [-0.2, 0) is 9.59 Å². The molecule has 1 aliphatic rings. The number of carbonyl (C=O) groups is 2. The van der Waals surface area contributed by atoms with Crippen molar-refractivity contribution in [3.63, 3.8) is 0 Å². The molecule has 0 atom stereocenters. The van der Waals surface area contributed by atoms with Gasteiger partial charge in [0.15, 0.2) is 11.6 Å². The average Bonchev–Trinajstić information content (AvgIpc) is 3.35. The molecule has 1 heterocycles. The fourth-order valence-electron chi connectivity index (χ4n) is 2.03. The molecule has 0 saturated heterocycles. The minimum Gasteiger partial charge on any atom is -0.339 e. The van der Waals surface area contributed by atoms with E-state index in [4.69, 9.17) is 0 Å². The van der Waals surface area contributed by atoms with E-state index >= 15 is 0 Å². The molecule has 1 aliphatic carbocycles. The van der Waals surface area contributed by atoms with Crippen molar-refractivity contribution in [1.82, 2.24) is 10.2 Å². The van der Waals surface area contributed by atoms with Gasteiger partial charge in [0.2, 0.25) is 11.8 Å². The molecule has 0 bridgehead atoms. The normalized spacial score (nSPS) is 13.3. The van der Waals surface area contributed by atoms with Gasteiger partial charge in [0.05, 0.1) is 0 Å². The van der Waals surface area contributed by atoms with Crippen LogP contribution in [-0.4, -0.2) is 22.0 Å². The van der Waals surface area contributed by atoms with E-state index in [1.807, 2.05) is 12.1 Å². The third kappa shape index (κ3) is 4.26. The van der Waals surface area contributed by atoms with Crippen LogP contribution in [0.25, 0.3) is 0 Å². The first-order chi connectivity index (χ1) is 11.1. The van der Waals surface area contributed by atoms with E-state index in [0.29, 0.717) is 11.6 Å². The molecule has 1 aromatic carbocycles. The zero-order chi connectivity index (χ0) is 16.2. The number of benzene rings is 1. The van der Waals surface area contributed by atoms with E-state index in [2.05, 4.69) is 26.1 Å². The Morgan fingerprint density at radius 3 is 2.09 bits per heavy atom. The van der Waals surface area contributed by atoms with Gasteiger partial charge in [0, 0.05) is 24.2 Å². The highest BCUT2D eigenvalue weighted by molar-refractivity contribution is 5.93. The van der Waals surface area contributed by atoms with Crippen molar-refractivity contribution in [3.8, 4) is 0 Å². The molecule has 1 aromatic heterocycles. The maximum atomic E-state index is 11.6. The minimum absolute atomic E-state index is 0.00793. The van der Waals surface area contributed by atoms with Gasteiger partial charge in [-0.25, -0.2) is 0 Å². The Kier molecular flexibility index (Phi) is 4.18. The smallest absolute Gasteiger partial charge is 0.228 e. The number of rotatable bonds is 5. The number of carbonyl (C=O) groups excluding carboxylic acids is 2. The summed E-state index contributed by atoms with van der Waals surface area (Å²) in [6.07, 6.45) is 1.90. The van der Waals surface area contributed by atoms with Gasteiger partial charge in [-0.1, -0.05) is 0 Å². The molecule has 2 amide bonds. The van der Waals surface area contributed by atoms with Gasteiger partial charge in [-0.15, -0.1) is 10.2 Å². The van der Waals surface area contributed by atoms with Gasteiger partial charge in [0.25, 0.3) is 0 Å². The maximum absolute atomic E-state index is 11.6. The van der Waals surface area contributed by atoms with Crippen molar-refractivity contribution in [2.24, 2.45) is 5.92 Å². The molecule has 7 nitrogen and oxygen atoms in total. The summed E-state index contributed by atoms with van der Waals surface area (Å²) in [5, 5.41) is 16.6. The highest BCUT2D eigenvalue weighted by atomic mass is 16.2. The van der Waals surface area contributed by atoms with Crippen molar-refractivity contribution in [3.05, 3.63) is 36.4 Å². The number of nitrogens with one attached hydrogen (secondary N) is 3. The Hall–Kier alpha value is -2.96. The summed E-state index contributed by atoms with van der Waals surface area (Å²) in [4.78, 5) is 22.6. The third-order valence-electron chi connectivity index (χ3n) is 3.34. The lowest BCUT2D eigenvalue weighted by molar-refractivity contribution is -0.117. The first-order valence-corrected chi connectivity index (χ1v) is 7.39. The van der Waals surface area contributed by atoms with E-state index in [0.717, 1.165) is 24.2 Å². The summed E-state index contributed by atoms with van der Waals surface area (Å²) in [5.74, 6) is 1.06. The molecular formula is C16H17N5O2. The quantitative estimate of drug-likeness (QED) is 0.788. The van der Waals surface area contributed by atoms with Crippen molar-refractivity contribution >= 4 is 34.8 Å². The summed E-state index contributed by atoms with van der Waals surface area (Å²) in [6.45, 7) is 1.46. The first kappa shape index (κ1) is 15.0. The molecule has 23 heavy (non-hydrogen) atoms. The molecule has 0 spiro atoms. The molecule has 3 N–H and O–H groups in total. The van der Waals surface area contributed by atoms with E-state index in [-0.39, 0.29) is 17.7 Å². The minimum atomic E-state index is -0.111. The van der Waals surface area contributed by atoms with E-state index in [1.54, 1.807) is 24.3 Å². The van der Waals surface area contributed by atoms with Crippen molar-refractivity contribution < 1.29 is 9.59 Å². The third-order valence-corrected chi connectivity index (χ3v) is 3.34. The van der Waals surface area contributed by atoms with Crippen LogP contribution >= 0.6 is 0 Å². The molecule has 7 heteroatoms. The van der Waals surface area contributed by atoms with Crippen LogP contribution in [0.4, 0.5) is 23.0 Å². The number of anilines is 4. The van der Waals surface area contributed by atoms with Gasteiger partial charge in [-0.2, -0.15) is 0 Å². The number of amides is 2. The van der Waals surface area contributed by atoms with Crippen molar-refractivity contribution in [2.45, 2.75) is 19.8 Å². The average molecular weight is 311 g/mol. The van der Waals surface area contributed by atoms with Crippen LogP contribution < -0.4 is 16.0 Å². The van der Waals surface area contributed by atoms with Crippen LogP contribution in [0.2, 0.25) is 0 Å². The molecule has 0 radical (unpaired) electrons. The Bertz CT molecular complexity index is 708. The Labute approximate surface area is 133 Å². The summed E-state index contributed by atoms with van der Waals surface area (Å²) in [6, 6.07) is 10.7. The number of aromatic nitrogens is 2. The lowest BCUT2D eigenvalue weighted by Gasteiger charge is -2.07. The van der Waals surface area contributed by atoms with Gasteiger partial charge >= 0.3 is 0 Å². The van der Waals surface area contributed by atoms with E-state index in [9.17, 15) is 9.59 Å². The summed E-state index contributed by atoms with van der Waals surface area (Å²) in [7, 11) is 0. The SMILES string of the molecule is CC(=O)Nc1ccc(Nc2ccc(NC(=O)C3CC3)nn2)cc1. The van der Waals surface area contributed by atoms with Crippen LogP contribution in [0.5, 0.6) is 0 Å². The molecule has 118 valence electrons. The summed E-state index contributed by atoms with van der Waals surface area (Å²) in [5.41, 5.74) is 1.55. The Balaban J connectivity index is 1.59. The monoisotopic (exact) mass is 311 g/mol. The number of hydrogen-bond donors (Lipinski definition) is 3. The predicted molar refractivity (Wildman–Crippen MR) is 87.4 cm³/mol. The van der Waals surface area contributed by atoms with Gasteiger partial charge < -0.3 is 16.0 Å². The van der Waals surface area contributed by atoms with E-state index in [1.165, 1.54) is 6.92 Å². The molecule has 1 fully saturated rings. The predicted octanol–water partition coefficient (Wildman–Crippen LogP) is 2.53. The van der Waals surface area contributed by atoms with Crippen molar-refractivity contribution in [2.75, 3.05) is 16.0 Å². The number of nitrogens with zero attached hydrogens (tertiary/aromatic N) is 2. The highest BCUT2D eigenvalue weighted by Crippen LogP contribution is 2.29. The van der Waals surface area contributed by atoms with Crippen LogP contribution in [0.15, 0.2) is 36.4 Å². The van der Waals surface area contributed by atoms with Gasteiger partial charge in [-0.05, 0) is 49.2 Å². The fraction of sp³-hybridized carbons (Fsp3) is 0.250. The number of hydrogen-bond acceptors (Lipinski definition) is 5. The van der Waals surface area contributed by atoms with E-state index < -0.39 is 0 Å². The first-order valence-electron chi connectivity index (χ1n) is 7.39. The summed E-state index contributed by atoms with van der Waals surface area (Å²) < 4.78 is 0. The van der Waals surface area contributed by atoms with Crippen LogP contribution in [0.3, 0.4) is 0 Å². The van der Waals surface area contributed by atoms with Gasteiger partial charge in [0.1, 0.15) is 0 Å². The molecule has 3 rings (SSSR count). The molecule has 0 aliphatic heterocycles. The molecular weight excluding hydrogens is 294 g/mol. The summed E-state index contributed by atoms with van der Waals surface area (Å²) >= 11 is 0. The zero-order valence-corrected chi connectivity index (χ0v) is 12.7. The Morgan fingerprint density at radius 1 is 0.913 bits per heavy atom. The topological polar surface area (TPSA) is 96.0 Å². The fourth-order valence-corrected chi connectivity index (χ4v) is 2.03. The van der Waals surface area contributed by atoms with Gasteiger partial charge in [-0.3, -0.25) is 9.59 Å². The lowest BCUT2D eigenvalue weighted by Crippen LogP contribution is -2.14. The van der Waals surface area contributed by atoms with Crippen LogP contribution in [0, 0.1) is 5.92 Å². The molecule has 1 saturated carbocycles. The zero-order valence-electron chi connectivity index (χ0n) is 12.7. The lowest BCUT2D eigenvalue weighted by atomic mass is 10.2. The van der Waals surface area contributed by atoms with Crippen molar-refractivity contribution in [1.29, 1.82) is 0 Å². The maximum Gasteiger partial charge on any atom is 0.228 e. The largest absolute Gasteiger partial charge is 0.339 e. The highest BCUT2D eigenvalue weighted by Gasteiger charge is 2.29. The second kappa shape index (κ2) is 6.43. The molecule has 0 unspecified atom stereocenters. The second-order valence-electron chi connectivity index (χ2n) is 5.45. The second-order valence-corrected chi connectivity index (χ2v) is 5.45. The molecule has 2 aromatic rings. The standard InChI is InChI=1S/C16H17N5O2/c1-10(22)17-12-4-6-13(7-5-12)18-14-8-9-15(21-20-14)19-16(23)11-2-3-11/h4-9,11H,2-3H2,1H3,(H,17,22)(H,18,20)(H,19,21,23). The Morgan fingerprint density at radius 2 is 1.52 bits per heavy atom. The van der Waals surface area contributed by atoms with Crippen LogP contribution in [0.1, 0.15) is 19.8 Å².